The van der Waals surface area contributed by atoms with Crippen molar-refractivity contribution < 1.29 is 47.1 Å². The van der Waals surface area contributed by atoms with E-state index < -0.39 is 52.9 Å². The van der Waals surface area contributed by atoms with E-state index in [2.05, 4.69) is 11.7 Å². The molecule has 188 valence electrons. The first-order valence-electron chi connectivity index (χ1n) is 11.0. The molecule has 0 aliphatic carbocycles. The molecule has 0 spiro atoms. The van der Waals surface area contributed by atoms with Crippen LogP contribution in [0.5, 0.6) is 0 Å². The first kappa shape index (κ1) is 30.4. The Kier molecular flexibility index (Phi) is 17.0. The fraction of sp³-hybridized carbons (Fsp3) is 0.850. The Balaban J connectivity index is 4.42. The molecule has 11 nitrogen and oxygen atoms in total. The van der Waals surface area contributed by atoms with Gasteiger partial charge in [0, 0.05) is 6.42 Å². The van der Waals surface area contributed by atoms with Crippen molar-refractivity contribution >= 4 is 28.0 Å². The van der Waals surface area contributed by atoms with Crippen LogP contribution in [0.1, 0.15) is 77.6 Å². The zero-order chi connectivity index (χ0) is 24.4. The standard InChI is InChI=1S/C20H37NO10S/c1-2-3-4-5-6-7-8-9-10-11-18(24)30-19(25)16-17(32(27,28)29)20(26)31-21(12-14-22)13-15-23/h17,22-23H,2-16H2,1H3,(H,27,28,29). The largest absolute Gasteiger partial charge is 0.395 e. The van der Waals surface area contributed by atoms with Gasteiger partial charge in [0.1, 0.15) is 0 Å². The van der Waals surface area contributed by atoms with E-state index in [0.717, 1.165) is 30.7 Å². The van der Waals surface area contributed by atoms with E-state index in [4.69, 9.17) is 15.1 Å². The van der Waals surface area contributed by atoms with Gasteiger partial charge >= 0.3 is 17.9 Å². The Bertz CT molecular complexity index is 647. The Morgan fingerprint density at radius 1 is 0.844 bits per heavy atom. The van der Waals surface area contributed by atoms with Crippen LogP contribution in [0.4, 0.5) is 0 Å². The first-order chi connectivity index (χ1) is 15.1. The van der Waals surface area contributed by atoms with Crippen LogP contribution in [-0.4, -0.2) is 77.7 Å². The second-order valence-corrected chi connectivity index (χ2v) is 9.02. The highest BCUT2D eigenvalue weighted by atomic mass is 32.2. The van der Waals surface area contributed by atoms with E-state index in [9.17, 15) is 27.4 Å². The molecule has 0 bridgehead atoms. The van der Waals surface area contributed by atoms with Crippen molar-refractivity contribution in [2.24, 2.45) is 0 Å². The number of rotatable bonds is 19. The number of hydrogen-bond acceptors (Lipinski definition) is 10. The molecule has 0 aliphatic rings. The Morgan fingerprint density at radius 2 is 1.34 bits per heavy atom. The van der Waals surface area contributed by atoms with E-state index in [1.807, 2.05) is 0 Å². The highest BCUT2D eigenvalue weighted by Crippen LogP contribution is 2.13. The molecule has 0 aromatic rings. The molecular weight excluding hydrogens is 446 g/mol. The number of unbranched alkanes of at least 4 members (excludes halogenated alkanes) is 8. The highest BCUT2D eigenvalue weighted by molar-refractivity contribution is 7.87. The number of esters is 2. The van der Waals surface area contributed by atoms with Crippen LogP contribution in [0.15, 0.2) is 0 Å². The van der Waals surface area contributed by atoms with Gasteiger partial charge in [0.15, 0.2) is 5.25 Å². The molecule has 0 saturated carbocycles. The maximum Gasteiger partial charge on any atom is 0.346 e. The molecule has 0 aromatic heterocycles. The predicted octanol–water partition coefficient (Wildman–Crippen LogP) is 1.37. The van der Waals surface area contributed by atoms with E-state index in [-0.39, 0.29) is 19.5 Å². The predicted molar refractivity (Wildman–Crippen MR) is 115 cm³/mol. The van der Waals surface area contributed by atoms with E-state index in [0.29, 0.717) is 6.42 Å². The van der Waals surface area contributed by atoms with Crippen molar-refractivity contribution in [1.29, 1.82) is 0 Å². The number of carbonyl (C=O) groups excluding carboxylic acids is 3. The Labute approximate surface area is 189 Å². The van der Waals surface area contributed by atoms with Crippen molar-refractivity contribution in [3.05, 3.63) is 0 Å². The third-order valence-corrected chi connectivity index (χ3v) is 5.68. The Hall–Kier alpha value is -1.60. The van der Waals surface area contributed by atoms with Gasteiger partial charge in [-0.2, -0.15) is 8.42 Å². The molecular formula is C20H37NO10S. The average Bonchev–Trinajstić information content (AvgIpc) is 2.70. The summed E-state index contributed by atoms with van der Waals surface area (Å²) >= 11 is 0. The maximum atomic E-state index is 12.1. The van der Waals surface area contributed by atoms with Crippen LogP contribution in [0.25, 0.3) is 0 Å². The third kappa shape index (κ3) is 15.2. The summed E-state index contributed by atoms with van der Waals surface area (Å²) in [5.41, 5.74) is 0. The minimum Gasteiger partial charge on any atom is -0.395 e. The summed E-state index contributed by atoms with van der Waals surface area (Å²) in [7, 11) is -5.04. The lowest BCUT2D eigenvalue weighted by Gasteiger charge is -2.21. The van der Waals surface area contributed by atoms with Gasteiger partial charge in [-0.3, -0.25) is 14.1 Å². The molecule has 0 heterocycles. The second kappa shape index (κ2) is 17.9. The number of nitrogens with zero attached hydrogens (tertiary/aromatic N) is 1. The molecule has 1 atom stereocenters. The summed E-state index contributed by atoms with van der Waals surface area (Å²) in [5, 5.41) is 16.2. The maximum absolute atomic E-state index is 12.1. The summed E-state index contributed by atoms with van der Waals surface area (Å²) in [4.78, 5) is 40.4. The van der Waals surface area contributed by atoms with Gasteiger partial charge in [-0.1, -0.05) is 58.3 Å². The first-order valence-corrected chi connectivity index (χ1v) is 12.5. The van der Waals surface area contributed by atoms with Crippen LogP contribution < -0.4 is 0 Å². The molecule has 3 N–H and O–H groups in total. The average molecular weight is 484 g/mol. The van der Waals surface area contributed by atoms with Crippen molar-refractivity contribution in [1.82, 2.24) is 5.06 Å². The number of hydrogen-bond donors (Lipinski definition) is 3. The zero-order valence-electron chi connectivity index (χ0n) is 18.7. The number of carbonyl (C=O) groups is 3. The van der Waals surface area contributed by atoms with Gasteiger partial charge in [-0.15, -0.1) is 5.06 Å². The third-order valence-electron chi connectivity index (χ3n) is 4.60. The van der Waals surface area contributed by atoms with Gasteiger partial charge in [0.25, 0.3) is 10.1 Å². The molecule has 0 rings (SSSR count). The SMILES string of the molecule is CCCCCCCCCCCC(=O)OC(=O)CC(C(=O)ON(CCO)CCO)S(=O)(=O)O. The minimum atomic E-state index is -5.04. The summed E-state index contributed by atoms with van der Waals surface area (Å²) in [5.74, 6) is -3.64. The quantitative estimate of drug-likeness (QED) is 0.0797. The number of aliphatic hydroxyl groups excluding tert-OH is 2. The normalized spacial score (nSPS) is 12.5. The molecule has 12 heteroatoms. The van der Waals surface area contributed by atoms with E-state index in [1.165, 1.54) is 25.7 Å². The molecule has 0 saturated heterocycles. The molecule has 0 amide bonds. The number of hydroxylamine groups is 2. The van der Waals surface area contributed by atoms with E-state index >= 15 is 0 Å². The van der Waals surface area contributed by atoms with Crippen LogP contribution in [-0.2, 0) is 34.1 Å². The minimum absolute atomic E-state index is 0.0245. The Morgan fingerprint density at radius 3 is 1.81 bits per heavy atom. The zero-order valence-corrected chi connectivity index (χ0v) is 19.6. The van der Waals surface area contributed by atoms with Crippen LogP contribution in [0, 0.1) is 0 Å². The monoisotopic (exact) mass is 483 g/mol. The highest BCUT2D eigenvalue weighted by Gasteiger charge is 2.37. The smallest absolute Gasteiger partial charge is 0.346 e. The van der Waals surface area contributed by atoms with Gasteiger partial charge < -0.3 is 19.8 Å². The molecule has 1 unspecified atom stereocenters. The van der Waals surface area contributed by atoms with Crippen molar-refractivity contribution in [3.8, 4) is 0 Å². The van der Waals surface area contributed by atoms with Crippen LogP contribution in [0.3, 0.4) is 0 Å². The van der Waals surface area contributed by atoms with Gasteiger partial charge in [0.05, 0.1) is 32.7 Å². The fourth-order valence-corrected chi connectivity index (χ4v) is 3.51. The number of aliphatic hydroxyl groups is 2. The summed E-state index contributed by atoms with van der Waals surface area (Å²) in [6.07, 6.45) is 8.19. The lowest BCUT2D eigenvalue weighted by molar-refractivity contribution is -0.194. The van der Waals surface area contributed by atoms with Gasteiger partial charge in [-0.25, -0.2) is 4.79 Å². The van der Waals surface area contributed by atoms with Gasteiger partial charge in [0.2, 0.25) is 0 Å². The molecule has 0 aliphatic heterocycles. The van der Waals surface area contributed by atoms with Crippen LogP contribution in [0.2, 0.25) is 0 Å². The molecule has 0 radical (unpaired) electrons. The van der Waals surface area contributed by atoms with E-state index in [1.54, 1.807) is 0 Å². The van der Waals surface area contributed by atoms with Crippen LogP contribution >= 0.6 is 0 Å². The lowest BCUT2D eigenvalue weighted by Crippen LogP contribution is -2.41. The van der Waals surface area contributed by atoms with Crippen molar-refractivity contribution in [3.63, 3.8) is 0 Å². The van der Waals surface area contributed by atoms with Gasteiger partial charge in [-0.05, 0) is 6.42 Å². The summed E-state index contributed by atoms with van der Waals surface area (Å²) in [6.45, 7) is 0.779. The molecule has 0 fully saturated rings. The molecule has 0 aromatic carbocycles. The second-order valence-electron chi connectivity index (χ2n) is 7.42. The summed E-state index contributed by atoms with van der Waals surface area (Å²) < 4.78 is 36.8. The van der Waals surface area contributed by atoms with Crippen molar-refractivity contribution in [2.45, 2.75) is 82.8 Å². The summed E-state index contributed by atoms with van der Waals surface area (Å²) in [6, 6.07) is 0. The number of ether oxygens (including phenoxy) is 1. The molecule has 32 heavy (non-hydrogen) atoms. The topological polar surface area (TPSA) is 168 Å². The van der Waals surface area contributed by atoms with Crippen molar-refractivity contribution in [2.75, 3.05) is 26.3 Å². The lowest BCUT2D eigenvalue weighted by atomic mass is 10.1. The fourth-order valence-electron chi connectivity index (χ4n) is 2.87.